The maximum Gasteiger partial charge on any atom is 0.251 e. The monoisotopic (exact) mass is 480 g/mol. The van der Waals surface area contributed by atoms with E-state index in [1.54, 1.807) is 6.92 Å². The van der Waals surface area contributed by atoms with Crippen molar-refractivity contribution in [3.8, 4) is 11.1 Å². The third-order valence-corrected chi connectivity index (χ3v) is 7.84. The average Bonchev–Trinajstić information content (AvgIpc) is 2.88. The first-order valence-corrected chi connectivity index (χ1v) is 12.6. The standard InChI is InChI=1S/C26H28N2O5S/c1-26(30,23-11-7-21(8-12-23)20-5-3-2-4-6-20)19-27-25(29)22-9-13-24(14-10-22)34(31,32)28-15-17-33-18-16-28/h2-14,30H,15-19H2,1H3,(H,27,29). The molecule has 0 aromatic heterocycles. The molecular formula is C26H28N2O5S. The second-order valence-electron chi connectivity index (χ2n) is 8.44. The van der Waals surface area contributed by atoms with Crippen LogP contribution in [-0.2, 0) is 20.4 Å². The predicted molar refractivity (Wildman–Crippen MR) is 130 cm³/mol. The summed E-state index contributed by atoms with van der Waals surface area (Å²) < 4.78 is 32.1. The van der Waals surface area contributed by atoms with Crippen molar-refractivity contribution in [2.45, 2.75) is 17.4 Å². The molecule has 1 aliphatic heterocycles. The van der Waals surface area contributed by atoms with E-state index < -0.39 is 21.5 Å². The average molecular weight is 481 g/mol. The number of amides is 1. The van der Waals surface area contributed by atoms with E-state index in [1.807, 2.05) is 54.6 Å². The summed E-state index contributed by atoms with van der Waals surface area (Å²) in [6, 6.07) is 23.3. The lowest BCUT2D eigenvalue weighted by Crippen LogP contribution is -2.40. The molecule has 4 rings (SSSR count). The first kappa shape index (κ1) is 24.1. The lowest BCUT2D eigenvalue weighted by atomic mass is 9.93. The second-order valence-corrected chi connectivity index (χ2v) is 10.4. The number of nitrogens with zero attached hydrogens (tertiary/aromatic N) is 1. The molecule has 34 heavy (non-hydrogen) atoms. The zero-order valence-electron chi connectivity index (χ0n) is 19.0. The number of ether oxygens (including phenoxy) is 1. The predicted octanol–water partition coefficient (Wildman–Crippen LogP) is 3.01. The van der Waals surface area contributed by atoms with Gasteiger partial charge in [0.15, 0.2) is 0 Å². The zero-order chi connectivity index (χ0) is 24.2. The Bertz CT molecular complexity index is 1220. The van der Waals surface area contributed by atoms with Crippen molar-refractivity contribution in [1.29, 1.82) is 0 Å². The molecule has 2 N–H and O–H groups in total. The minimum absolute atomic E-state index is 0.00431. The molecule has 0 spiro atoms. The molecule has 0 aliphatic carbocycles. The maximum absolute atomic E-state index is 12.7. The Kier molecular flexibility index (Phi) is 7.13. The summed E-state index contributed by atoms with van der Waals surface area (Å²) in [4.78, 5) is 12.8. The third kappa shape index (κ3) is 5.37. The van der Waals surface area contributed by atoms with Gasteiger partial charge in [0.2, 0.25) is 10.0 Å². The summed E-state index contributed by atoms with van der Waals surface area (Å²) in [5.41, 5.74) is 1.85. The molecule has 0 saturated carbocycles. The quantitative estimate of drug-likeness (QED) is 0.542. The van der Waals surface area contributed by atoms with Crippen LogP contribution < -0.4 is 5.32 Å². The molecule has 1 atom stereocenters. The number of morpholine rings is 1. The van der Waals surface area contributed by atoms with Crippen LogP contribution in [0.3, 0.4) is 0 Å². The van der Waals surface area contributed by atoms with Crippen molar-refractivity contribution in [3.05, 3.63) is 90.0 Å². The Labute approximate surface area is 200 Å². The van der Waals surface area contributed by atoms with Gasteiger partial charge in [-0.25, -0.2) is 8.42 Å². The van der Waals surface area contributed by atoms with Crippen molar-refractivity contribution in [2.24, 2.45) is 0 Å². The molecule has 7 nitrogen and oxygen atoms in total. The molecule has 1 saturated heterocycles. The highest BCUT2D eigenvalue weighted by Crippen LogP contribution is 2.25. The van der Waals surface area contributed by atoms with Gasteiger partial charge in [-0.3, -0.25) is 4.79 Å². The fourth-order valence-corrected chi connectivity index (χ4v) is 5.23. The molecule has 0 bridgehead atoms. The summed E-state index contributed by atoms with van der Waals surface area (Å²) >= 11 is 0. The molecule has 178 valence electrons. The van der Waals surface area contributed by atoms with Crippen LogP contribution in [0.5, 0.6) is 0 Å². The van der Waals surface area contributed by atoms with E-state index >= 15 is 0 Å². The first-order valence-electron chi connectivity index (χ1n) is 11.1. The van der Waals surface area contributed by atoms with Gasteiger partial charge >= 0.3 is 0 Å². The van der Waals surface area contributed by atoms with Crippen LogP contribution in [0.2, 0.25) is 0 Å². The van der Waals surface area contributed by atoms with E-state index in [2.05, 4.69) is 5.32 Å². The third-order valence-electron chi connectivity index (χ3n) is 5.93. The Morgan fingerprint density at radius 2 is 1.53 bits per heavy atom. The summed E-state index contributed by atoms with van der Waals surface area (Å²) in [6.07, 6.45) is 0. The number of aliphatic hydroxyl groups is 1. The summed E-state index contributed by atoms with van der Waals surface area (Å²) in [5.74, 6) is -0.392. The van der Waals surface area contributed by atoms with Crippen LogP contribution in [0.15, 0.2) is 83.8 Å². The molecule has 3 aromatic carbocycles. The van der Waals surface area contributed by atoms with Crippen LogP contribution in [-0.4, -0.2) is 56.6 Å². The molecule has 1 aliphatic rings. The topological polar surface area (TPSA) is 95.9 Å². The van der Waals surface area contributed by atoms with Crippen LogP contribution in [0.4, 0.5) is 0 Å². The van der Waals surface area contributed by atoms with Crippen molar-refractivity contribution < 1.29 is 23.1 Å². The van der Waals surface area contributed by atoms with Gasteiger partial charge in [0, 0.05) is 18.7 Å². The van der Waals surface area contributed by atoms with Gasteiger partial charge in [-0.05, 0) is 47.9 Å². The largest absolute Gasteiger partial charge is 0.384 e. The number of carbonyl (C=O) groups is 1. The van der Waals surface area contributed by atoms with Gasteiger partial charge in [-0.2, -0.15) is 4.31 Å². The van der Waals surface area contributed by atoms with Crippen LogP contribution in [0.25, 0.3) is 11.1 Å². The smallest absolute Gasteiger partial charge is 0.251 e. The summed E-state index contributed by atoms with van der Waals surface area (Å²) in [7, 11) is -3.62. The summed E-state index contributed by atoms with van der Waals surface area (Å²) in [6.45, 7) is 3.01. The van der Waals surface area contributed by atoms with Gasteiger partial charge < -0.3 is 15.2 Å². The molecule has 1 amide bonds. The molecule has 0 radical (unpaired) electrons. The molecular weight excluding hydrogens is 452 g/mol. The van der Waals surface area contributed by atoms with Crippen LogP contribution >= 0.6 is 0 Å². The fraction of sp³-hybridized carbons (Fsp3) is 0.269. The van der Waals surface area contributed by atoms with E-state index in [9.17, 15) is 18.3 Å². The Morgan fingerprint density at radius 1 is 0.941 bits per heavy atom. The van der Waals surface area contributed by atoms with Crippen molar-refractivity contribution in [2.75, 3.05) is 32.8 Å². The summed E-state index contributed by atoms with van der Waals surface area (Å²) in [5, 5.41) is 13.7. The minimum atomic E-state index is -3.62. The molecule has 1 fully saturated rings. The first-order chi connectivity index (χ1) is 16.3. The molecule has 1 unspecified atom stereocenters. The molecule has 1 heterocycles. The van der Waals surface area contributed by atoms with Crippen LogP contribution in [0, 0.1) is 0 Å². The SMILES string of the molecule is CC(O)(CNC(=O)c1ccc(S(=O)(=O)N2CCOCC2)cc1)c1ccc(-c2ccccc2)cc1. The van der Waals surface area contributed by atoms with Gasteiger partial charge in [0.05, 0.1) is 24.7 Å². The van der Waals surface area contributed by atoms with Gasteiger partial charge in [0.1, 0.15) is 5.60 Å². The number of sulfonamides is 1. The van der Waals surface area contributed by atoms with Gasteiger partial charge in [-0.15, -0.1) is 0 Å². The Hall–Kier alpha value is -3.04. The Balaban J connectivity index is 1.39. The second kappa shape index (κ2) is 10.1. The number of benzene rings is 3. The number of rotatable bonds is 7. The highest BCUT2D eigenvalue weighted by Gasteiger charge is 2.27. The number of carbonyl (C=O) groups excluding carboxylic acids is 1. The van der Waals surface area contributed by atoms with E-state index in [1.165, 1.54) is 28.6 Å². The van der Waals surface area contributed by atoms with Crippen molar-refractivity contribution in [1.82, 2.24) is 9.62 Å². The lowest BCUT2D eigenvalue weighted by molar-refractivity contribution is 0.0526. The minimum Gasteiger partial charge on any atom is -0.384 e. The molecule has 8 heteroatoms. The van der Waals surface area contributed by atoms with E-state index in [0.717, 1.165) is 11.1 Å². The highest BCUT2D eigenvalue weighted by molar-refractivity contribution is 7.89. The Morgan fingerprint density at radius 3 is 2.15 bits per heavy atom. The van der Waals surface area contributed by atoms with Crippen LogP contribution in [0.1, 0.15) is 22.8 Å². The van der Waals surface area contributed by atoms with Crippen molar-refractivity contribution in [3.63, 3.8) is 0 Å². The van der Waals surface area contributed by atoms with E-state index in [-0.39, 0.29) is 11.4 Å². The number of hydrogen-bond donors (Lipinski definition) is 2. The zero-order valence-corrected chi connectivity index (χ0v) is 19.8. The molecule has 3 aromatic rings. The lowest BCUT2D eigenvalue weighted by Gasteiger charge is -2.26. The van der Waals surface area contributed by atoms with Gasteiger partial charge in [0.25, 0.3) is 5.91 Å². The van der Waals surface area contributed by atoms with Crippen molar-refractivity contribution >= 4 is 15.9 Å². The van der Waals surface area contributed by atoms with E-state index in [0.29, 0.717) is 37.4 Å². The normalized spacial score (nSPS) is 16.5. The van der Waals surface area contributed by atoms with Gasteiger partial charge in [-0.1, -0.05) is 54.6 Å². The number of nitrogens with one attached hydrogen (secondary N) is 1. The van der Waals surface area contributed by atoms with E-state index in [4.69, 9.17) is 4.74 Å². The number of hydrogen-bond acceptors (Lipinski definition) is 5. The fourth-order valence-electron chi connectivity index (χ4n) is 3.82. The highest BCUT2D eigenvalue weighted by atomic mass is 32.2. The maximum atomic E-state index is 12.7.